The van der Waals surface area contributed by atoms with Crippen molar-refractivity contribution in [3.05, 3.63) is 74.9 Å². The monoisotopic (exact) mass is 596 g/mol. The standard InChI is InChI=1S/C24H20ClF7N4O4/c1-22(20(33)39,15-3-2-4-16(18(15)26)23(27,28)29)9-14(37)10-36-21(40)35(11-17(38)24(30,31)32)19(34-36)12-5-7-13(25)8-6-12/h2-8,17,38H,9-11H2,1H3,(H2,33,39)/t17-,22?/m0/s1. The van der Waals surface area contributed by atoms with E-state index in [1.54, 1.807) is 0 Å². The molecular formula is C24H20ClF7N4O4. The van der Waals surface area contributed by atoms with E-state index in [4.69, 9.17) is 17.3 Å². The van der Waals surface area contributed by atoms with Gasteiger partial charge in [0, 0.05) is 22.6 Å². The van der Waals surface area contributed by atoms with Crippen LogP contribution in [-0.2, 0) is 34.3 Å². The molecule has 40 heavy (non-hydrogen) atoms. The Labute approximate surface area is 225 Å². The fraction of sp³-hybridized carbons (Fsp3) is 0.333. The minimum Gasteiger partial charge on any atom is -0.382 e. The minimum atomic E-state index is -5.12. The Balaban J connectivity index is 2.01. The topological polar surface area (TPSA) is 120 Å². The van der Waals surface area contributed by atoms with Gasteiger partial charge in [0.15, 0.2) is 17.7 Å². The Morgan fingerprint density at radius 3 is 2.15 bits per heavy atom. The Morgan fingerprint density at radius 2 is 1.62 bits per heavy atom. The number of rotatable bonds is 9. The molecule has 0 spiro atoms. The van der Waals surface area contributed by atoms with Crippen molar-refractivity contribution in [1.82, 2.24) is 14.3 Å². The molecule has 3 N–H and O–H groups in total. The molecule has 3 rings (SSSR count). The second-order valence-corrected chi connectivity index (χ2v) is 9.45. The van der Waals surface area contributed by atoms with Crippen molar-refractivity contribution in [2.24, 2.45) is 5.73 Å². The van der Waals surface area contributed by atoms with Crippen molar-refractivity contribution in [2.75, 3.05) is 0 Å². The summed E-state index contributed by atoms with van der Waals surface area (Å²) in [5.74, 6) is -4.59. The summed E-state index contributed by atoms with van der Waals surface area (Å²) in [7, 11) is 0. The number of Topliss-reactive ketones (excluding diaryl/α,β-unsaturated/α-hetero) is 1. The van der Waals surface area contributed by atoms with Gasteiger partial charge in [-0.25, -0.2) is 13.9 Å². The number of aliphatic hydroxyl groups excluding tert-OH is 1. The molecule has 2 aromatic carbocycles. The molecule has 1 aromatic heterocycles. The van der Waals surface area contributed by atoms with E-state index in [2.05, 4.69) is 5.10 Å². The molecule has 1 heterocycles. The van der Waals surface area contributed by atoms with Crippen molar-refractivity contribution in [1.29, 1.82) is 0 Å². The van der Waals surface area contributed by atoms with E-state index in [0.29, 0.717) is 15.3 Å². The number of hydrogen-bond acceptors (Lipinski definition) is 5. The summed E-state index contributed by atoms with van der Waals surface area (Å²) in [6, 6.07) is 7.42. The smallest absolute Gasteiger partial charge is 0.382 e. The molecule has 2 atom stereocenters. The Morgan fingerprint density at radius 1 is 1.05 bits per heavy atom. The van der Waals surface area contributed by atoms with E-state index >= 15 is 0 Å². The first-order valence-corrected chi connectivity index (χ1v) is 11.6. The lowest BCUT2D eigenvalue weighted by molar-refractivity contribution is -0.207. The van der Waals surface area contributed by atoms with Gasteiger partial charge in [0.2, 0.25) is 5.91 Å². The van der Waals surface area contributed by atoms with Gasteiger partial charge in [0.1, 0.15) is 12.4 Å². The number of ketones is 1. The van der Waals surface area contributed by atoms with Crippen LogP contribution in [0.5, 0.6) is 0 Å². The van der Waals surface area contributed by atoms with E-state index < -0.39 is 77.7 Å². The summed E-state index contributed by atoms with van der Waals surface area (Å²) in [6.07, 6.45) is -14.2. The van der Waals surface area contributed by atoms with Crippen molar-refractivity contribution in [2.45, 2.75) is 50.3 Å². The van der Waals surface area contributed by atoms with Crippen LogP contribution in [0.25, 0.3) is 11.4 Å². The Hall–Kier alpha value is -3.72. The number of aliphatic hydroxyl groups is 1. The number of amides is 1. The molecule has 1 unspecified atom stereocenters. The van der Waals surface area contributed by atoms with Gasteiger partial charge in [0.05, 0.1) is 17.5 Å². The number of benzene rings is 2. The summed E-state index contributed by atoms with van der Waals surface area (Å²) in [5, 5.41) is 13.7. The minimum absolute atomic E-state index is 0.0927. The molecule has 1 amide bonds. The van der Waals surface area contributed by atoms with E-state index in [0.717, 1.165) is 19.1 Å². The second kappa shape index (κ2) is 11.0. The molecule has 8 nitrogen and oxygen atoms in total. The van der Waals surface area contributed by atoms with Gasteiger partial charge in [-0.3, -0.25) is 14.2 Å². The third kappa shape index (κ3) is 6.36. The molecule has 0 aliphatic heterocycles. The second-order valence-electron chi connectivity index (χ2n) is 9.02. The molecular weight excluding hydrogens is 577 g/mol. The van der Waals surface area contributed by atoms with Gasteiger partial charge in [-0.05, 0) is 37.3 Å². The molecule has 3 aromatic rings. The average Bonchev–Trinajstić information content (AvgIpc) is 3.12. The molecule has 16 heteroatoms. The first-order chi connectivity index (χ1) is 18.4. The molecule has 0 fully saturated rings. The van der Waals surface area contributed by atoms with Crippen LogP contribution >= 0.6 is 11.6 Å². The van der Waals surface area contributed by atoms with Crippen LogP contribution in [0.1, 0.15) is 24.5 Å². The lowest BCUT2D eigenvalue weighted by Crippen LogP contribution is -2.42. The fourth-order valence-corrected chi connectivity index (χ4v) is 4.03. The number of halogens is 8. The van der Waals surface area contributed by atoms with Gasteiger partial charge < -0.3 is 10.8 Å². The highest BCUT2D eigenvalue weighted by Crippen LogP contribution is 2.37. The first-order valence-electron chi connectivity index (χ1n) is 11.2. The molecule has 0 aliphatic rings. The predicted molar refractivity (Wildman–Crippen MR) is 127 cm³/mol. The van der Waals surface area contributed by atoms with Crippen LogP contribution < -0.4 is 11.4 Å². The lowest BCUT2D eigenvalue weighted by atomic mass is 9.76. The van der Waals surface area contributed by atoms with Crippen molar-refractivity contribution in [3.8, 4) is 11.4 Å². The Bertz CT molecular complexity index is 1480. The van der Waals surface area contributed by atoms with Crippen molar-refractivity contribution in [3.63, 3.8) is 0 Å². The molecule has 0 bridgehead atoms. The number of carbonyl (C=O) groups is 2. The molecule has 0 radical (unpaired) electrons. The van der Waals surface area contributed by atoms with Crippen LogP contribution in [0.3, 0.4) is 0 Å². The molecule has 0 aliphatic carbocycles. The van der Waals surface area contributed by atoms with Crippen LogP contribution in [0.2, 0.25) is 5.02 Å². The normalized spacial score (nSPS) is 14.6. The summed E-state index contributed by atoms with van der Waals surface area (Å²) in [5.41, 5.74) is -0.649. The summed E-state index contributed by atoms with van der Waals surface area (Å²) in [6.45, 7) is -1.33. The van der Waals surface area contributed by atoms with Crippen LogP contribution in [0.15, 0.2) is 47.3 Å². The van der Waals surface area contributed by atoms with Gasteiger partial charge in [-0.15, -0.1) is 5.10 Å². The van der Waals surface area contributed by atoms with Crippen LogP contribution in [0.4, 0.5) is 30.7 Å². The van der Waals surface area contributed by atoms with Crippen molar-refractivity contribution < 1.29 is 45.4 Å². The summed E-state index contributed by atoms with van der Waals surface area (Å²) in [4.78, 5) is 38.1. The largest absolute Gasteiger partial charge is 0.419 e. The maximum absolute atomic E-state index is 14.8. The summed E-state index contributed by atoms with van der Waals surface area (Å²) >= 11 is 5.82. The highest BCUT2D eigenvalue weighted by atomic mass is 35.5. The number of aromatic nitrogens is 3. The molecule has 216 valence electrons. The fourth-order valence-electron chi connectivity index (χ4n) is 3.91. The quantitative estimate of drug-likeness (QED) is 0.364. The lowest BCUT2D eigenvalue weighted by Gasteiger charge is -2.27. The predicted octanol–water partition coefficient (Wildman–Crippen LogP) is 3.85. The maximum Gasteiger partial charge on any atom is 0.419 e. The van der Waals surface area contributed by atoms with Gasteiger partial charge in [-0.2, -0.15) is 26.3 Å². The van der Waals surface area contributed by atoms with Crippen LogP contribution in [-0.4, -0.2) is 43.4 Å². The van der Waals surface area contributed by atoms with Gasteiger partial charge >= 0.3 is 18.0 Å². The highest BCUT2D eigenvalue weighted by Gasteiger charge is 2.43. The number of alkyl halides is 6. The zero-order chi connectivity index (χ0) is 30.2. The third-order valence-corrected chi connectivity index (χ3v) is 6.33. The van der Waals surface area contributed by atoms with Crippen molar-refractivity contribution >= 4 is 23.3 Å². The number of nitrogens with two attached hydrogens (primary N) is 1. The highest BCUT2D eigenvalue weighted by molar-refractivity contribution is 6.30. The maximum atomic E-state index is 14.8. The number of primary amides is 1. The van der Waals surface area contributed by atoms with E-state index in [1.165, 1.54) is 24.3 Å². The van der Waals surface area contributed by atoms with E-state index in [-0.39, 0.29) is 16.4 Å². The zero-order valence-corrected chi connectivity index (χ0v) is 21.1. The number of carbonyl (C=O) groups excluding carboxylic acids is 2. The molecule has 0 saturated carbocycles. The van der Waals surface area contributed by atoms with Crippen LogP contribution in [0, 0.1) is 5.82 Å². The zero-order valence-electron chi connectivity index (χ0n) is 20.4. The van der Waals surface area contributed by atoms with E-state index in [1.807, 2.05) is 0 Å². The SMILES string of the molecule is CC(CC(=O)Cn1nc(-c2ccc(Cl)cc2)n(C[C@H](O)C(F)(F)F)c1=O)(C(N)=O)c1cccc(C(F)(F)F)c1F. The third-order valence-electron chi connectivity index (χ3n) is 6.08. The van der Waals surface area contributed by atoms with Gasteiger partial charge in [-0.1, -0.05) is 23.7 Å². The first kappa shape index (κ1) is 30.8. The van der Waals surface area contributed by atoms with Gasteiger partial charge in [0.25, 0.3) is 0 Å². The number of hydrogen-bond donors (Lipinski definition) is 2. The Kier molecular flexibility index (Phi) is 8.51. The molecule has 0 saturated heterocycles. The summed E-state index contributed by atoms with van der Waals surface area (Å²) < 4.78 is 94.4. The number of nitrogens with zero attached hydrogens (tertiary/aromatic N) is 3. The van der Waals surface area contributed by atoms with E-state index in [9.17, 15) is 50.2 Å². The average molecular weight is 597 g/mol.